The lowest BCUT2D eigenvalue weighted by Gasteiger charge is -2.39. The molecule has 0 aliphatic carbocycles. The van der Waals surface area contributed by atoms with Crippen LogP contribution in [-0.2, 0) is 47.7 Å². The maximum atomic E-state index is 12.2. The fourth-order valence-electron chi connectivity index (χ4n) is 5.58. The maximum Gasteiger partial charge on any atom is 0.333 e. The number of methoxy groups -OCH3 is 2. The van der Waals surface area contributed by atoms with Gasteiger partial charge in [-0.3, -0.25) is 14.4 Å². The van der Waals surface area contributed by atoms with Crippen molar-refractivity contribution in [2.45, 2.75) is 128 Å². The molecule has 3 amide bonds. The molecule has 3 unspecified atom stereocenters. The molecule has 3 atom stereocenters. The molecule has 2 heterocycles. The van der Waals surface area contributed by atoms with Crippen LogP contribution in [0.25, 0.3) is 0 Å². The zero-order valence-corrected chi connectivity index (χ0v) is 28.2. The van der Waals surface area contributed by atoms with Gasteiger partial charge >= 0.3 is 5.97 Å². The van der Waals surface area contributed by atoms with E-state index in [1.807, 2.05) is 0 Å². The quantitative estimate of drug-likeness (QED) is 0.236. The topological polar surface area (TPSA) is 139 Å². The molecule has 254 valence electrons. The molecule has 0 aromatic heterocycles. The number of hydrogen-bond acceptors (Lipinski definition) is 10. The summed E-state index contributed by atoms with van der Waals surface area (Å²) in [4.78, 5) is 51.9. The number of hydroxylamine groups is 2. The van der Waals surface area contributed by atoms with E-state index in [9.17, 15) is 19.2 Å². The van der Waals surface area contributed by atoms with Crippen LogP contribution in [0.3, 0.4) is 0 Å². The Bertz CT molecular complexity index is 955. The second-order valence-corrected chi connectivity index (χ2v) is 13.6. The zero-order valence-electron chi connectivity index (χ0n) is 28.2. The summed E-state index contributed by atoms with van der Waals surface area (Å²) >= 11 is 0. The van der Waals surface area contributed by atoms with Gasteiger partial charge in [0.25, 0.3) is 11.8 Å². The first kappa shape index (κ1) is 38.1. The van der Waals surface area contributed by atoms with Crippen LogP contribution in [-0.4, -0.2) is 98.4 Å². The molecule has 2 saturated heterocycles. The van der Waals surface area contributed by atoms with Gasteiger partial charge in [-0.1, -0.05) is 0 Å². The molecule has 2 rings (SSSR count). The minimum Gasteiger partial charge on any atom is -0.381 e. The minimum atomic E-state index is -0.710. The van der Waals surface area contributed by atoms with Crippen molar-refractivity contribution in [3.8, 4) is 0 Å². The summed E-state index contributed by atoms with van der Waals surface area (Å²) in [5.74, 6) is -1.90. The standard InChI is InChI=1S/C32H56N2O10/c1-29(2)21-24(30(3,4)43-20-16-32(6,40-8)23-31(5,39-7)15-19-42-29)22-41-18-10-17-33-25(35)11-9-12-28(38)44-34-26(36)13-14-27(34)37/h24H,9-23H2,1-8H3,(H,33,35). The van der Waals surface area contributed by atoms with Crippen molar-refractivity contribution in [1.82, 2.24) is 10.4 Å². The van der Waals surface area contributed by atoms with Crippen molar-refractivity contribution in [2.75, 3.05) is 47.2 Å². The van der Waals surface area contributed by atoms with Gasteiger partial charge in [-0.25, -0.2) is 4.79 Å². The van der Waals surface area contributed by atoms with Gasteiger partial charge < -0.3 is 33.8 Å². The van der Waals surface area contributed by atoms with Crippen LogP contribution in [0.1, 0.15) is 106 Å². The second kappa shape index (κ2) is 17.0. The van der Waals surface area contributed by atoms with Crippen LogP contribution in [0.2, 0.25) is 0 Å². The predicted molar refractivity (Wildman–Crippen MR) is 162 cm³/mol. The number of hydrogen-bond donors (Lipinski definition) is 1. The van der Waals surface area contributed by atoms with Crippen LogP contribution >= 0.6 is 0 Å². The maximum absolute atomic E-state index is 12.2. The largest absolute Gasteiger partial charge is 0.381 e. The summed E-state index contributed by atoms with van der Waals surface area (Å²) < 4.78 is 30.8. The summed E-state index contributed by atoms with van der Waals surface area (Å²) in [6, 6.07) is 0. The van der Waals surface area contributed by atoms with E-state index >= 15 is 0 Å². The first-order chi connectivity index (χ1) is 20.5. The summed E-state index contributed by atoms with van der Waals surface area (Å²) in [7, 11) is 3.47. The lowest BCUT2D eigenvalue weighted by atomic mass is 9.82. The number of ether oxygens (including phenoxy) is 5. The van der Waals surface area contributed by atoms with E-state index in [0.29, 0.717) is 44.5 Å². The molecule has 0 aromatic carbocycles. The van der Waals surface area contributed by atoms with Crippen LogP contribution in [0.15, 0.2) is 0 Å². The minimum absolute atomic E-state index is 0.0418. The van der Waals surface area contributed by atoms with E-state index < -0.39 is 34.6 Å². The number of carbonyl (C=O) groups is 4. The molecule has 0 radical (unpaired) electrons. The molecular formula is C32H56N2O10. The molecule has 2 aliphatic rings. The van der Waals surface area contributed by atoms with E-state index in [1.165, 1.54) is 0 Å². The van der Waals surface area contributed by atoms with Crippen LogP contribution in [0.4, 0.5) is 0 Å². The Balaban J connectivity index is 1.78. The SMILES string of the molecule is COC1(C)CCOC(C)(C)CC(COCCCNC(=O)CCCC(=O)ON2C(=O)CCC2=O)C(C)(C)OCCC(C)(OC)C1. The summed E-state index contributed by atoms with van der Waals surface area (Å²) in [6.45, 7) is 15.1. The summed E-state index contributed by atoms with van der Waals surface area (Å²) in [6.07, 6.45) is 3.96. The third-order valence-electron chi connectivity index (χ3n) is 8.77. The third kappa shape index (κ3) is 12.7. The Kier molecular flexibility index (Phi) is 14.7. The molecule has 2 fully saturated rings. The molecule has 12 nitrogen and oxygen atoms in total. The molecule has 0 saturated carbocycles. The first-order valence-corrected chi connectivity index (χ1v) is 15.8. The van der Waals surface area contributed by atoms with Crippen LogP contribution in [0, 0.1) is 5.92 Å². The van der Waals surface area contributed by atoms with Gasteiger partial charge in [-0.15, -0.1) is 5.06 Å². The molecule has 12 heteroatoms. The van der Waals surface area contributed by atoms with Gasteiger partial charge in [-0.2, -0.15) is 0 Å². The number of amides is 3. The van der Waals surface area contributed by atoms with Gasteiger partial charge in [-0.05, 0) is 73.6 Å². The monoisotopic (exact) mass is 628 g/mol. The predicted octanol–water partition coefficient (Wildman–Crippen LogP) is 3.88. The van der Waals surface area contributed by atoms with E-state index in [2.05, 4.69) is 46.9 Å². The van der Waals surface area contributed by atoms with Crippen LogP contribution in [0.5, 0.6) is 0 Å². The number of carbonyl (C=O) groups excluding carboxylic acids is 4. The lowest BCUT2D eigenvalue weighted by molar-refractivity contribution is -0.197. The van der Waals surface area contributed by atoms with Gasteiger partial charge in [0.2, 0.25) is 5.91 Å². The number of nitrogens with zero attached hydrogens (tertiary/aromatic N) is 1. The van der Waals surface area contributed by atoms with E-state index in [1.54, 1.807) is 14.2 Å². The van der Waals surface area contributed by atoms with Crippen molar-refractivity contribution in [1.29, 1.82) is 0 Å². The van der Waals surface area contributed by atoms with Gasteiger partial charge in [0.1, 0.15) is 0 Å². The van der Waals surface area contributed by atoms with Gasteiger partial charge in [0.15, 0.2) is 0 Å². The fourth-order valence-corrected chi connectivity index (χ4v) is 5.58. The van der Waals surface area contributed by atoms with E-state index in [-0.39, 0.29) is 49.5 Å². The molecule has 1 N–H and O–H groups in total. The Hall–Kier alpha value is -2.12. The van der Waals surface area contributed by atoms with Crippen molar-refractivity contribution in [3.63, 3.8) is 0 Å². The van der Waals surface area contributed by atoms with Crippen molar-refractivity contribution >= 4 is 23.7 Å². The molecule has 0 spiro atoms. The summed E-state index contributed by atoms with van der Waals surface area (Å²) in [5.41, 5.74) is -1.66. The normalized spacial score (nSPS) is 28.1. The Morgan fingerprint density at radius 3 is 2.07 bits per heavy atom. The van der Waals surface area contributed by atoms with Gasteiger partial charge in [0, 0.05) is 65.4 Å². The highest BCUT2D eigenvalue weighted by atomic mass is 16.7. The number of nitrogens with one attached hydrogen (secondary N) is 1. The third-order valence-corrected chi connectivity index (χ3v) is 8.77. The number of rotatable bonds is 13. The lowest BCUT2D eigenvalue weighted by Crippen LogP contribution is -2.43. The van der Waals surface area contributed by atoms with Crippen molar-refractivity contribution in [2.24, 2.45) is 5.92 Å². The second-order valence-electron chi connectivity index (χ2n) is 13.6. The summed E-state index contributed by atoms with van der Waals surface area (Å²) in [5, 5.41) is 3.35. The average Bonchev–Trinajstić information content (AvgIpc) is 3.25. The highest BCUT2D eigenvalue weighted by Crippen LogP contribution is 2.36. The average molecular weight is 629 g/mol. The molecule has 44 heavy (non-hydrogen) atoms. The van der Waals surface area contributed by atoms with Crippen molar-refractivity contribution in [3.05, 3.63) is 0 Å². The Morgan fingerprint density at radius 2 is 1.48 bits per heavy atom. The Morgan fingerprint density at radius 1 is 0.886 bits per heavy atom. The van der Waals surface area contributed by atoms with Crippen molar-refractivity contribution < 1.29 is 47.7 Å². The highest BCUT2D eigenvalue weighted by Gasteiger charge is 2.40. The number of imide groups is 1. The fraction of sp³-hybridized carbons (Fsp3) is 0.875. The Labute approximate surface area is 263 Å². The first-order valence-electron chi connectivity index (χ1n) is 15.8. The molecular weight excluding hydrogens is 572 g/mol. The van der Waals surface area contributed by atoms with Crippen LogP contribution < -0.4 is 5.32 Å². The van der Waals surface area contributed by atoms with E-state index in [0.717, 1.165) is 25.7 Å². The smallest absolute Gasteiger partial charge is 0.333 e. The van der Waals surface area contributed by atoms with E-state index in [4.69, 9.17) is 28.5 Å². The van der Waals surface area contributed by atoms with Gasteiger partial charge in [0.05, 0.1) is 42.2 Å². The molecule has 0 bridgehead atoms. The highest BCUT2D eigenvalue weighted by molar-refractivity contribution is 6.01. The molecule has 2 aliphatic heterocycles. The molecule has 0 aromatic rings. The zero-order chi connectivity index (χ0) is 33.0.